The molecule has 0 spiro atoms. The van der Waals surface area contributed by atoms with Crippen molar-refractivity contribution in [3.8, 4) is 0 Å². The van der Waals surface area contributed by atoms with E-state index in [0.29, 0.717) is 5.56 Å². The summed E-state index contributed by atoms with van der Waals surface area (Å²) in [6, 6.07) is 10.9. The number of hydrogen-bond donors (Lipinski definition) is 0. The van der Waals surface area contributed by atoms with Crippen LogP contribution in [0.1, 0.15) is 5.56 Å². The first kappa shape index (κ1) is 6.75. The molecule has 0 unspecified atom stereocenters. The minimum atomic E-state index is -0.142. The summed E-state index contributed by atoms with van der Waals surface area (Å²) >= 11 is 0. The predicted molar refractivity (Wildman–Crippen MR) is 39.9 cm³/mol. The van der Waals surface area contributed by atoms with Gasteiger partial charge in [-0.25, -0.2) is 0 Å². The van der Waals surface area contributed by atoms with Gasteiger partial charge in [-0.3, -0.25) is 0 Å². The van der Waals surface area contributed by atoms with Gasteiger partial charge in [0, 0.05) is 42.0 Å². The van der Waals surface area contributed by atoms with Crippen molar-refractivity contribution in [2.45, 2.75) is 0 Å². The van der Waals surface area contributed by atoms with Gasteiger partial charge in [0.25, 0.3) is 0 Å². The standard InChI is InChI=1S/C9H8O/c1-8(10)9-6-4-2-3-5-7-9/h2-7H,1H2. The minimum absolute atomic E-state index is 0.142. The van der Waals surface area contributed by atoms with Gasteiger partial charge in [-0.2, -0.15) is 0 Å². The molecule has 0 heterocycles. The highest BCUT2D eigenvalue weighted by molar-refractivity contribution is 5.53. The molecule has 1 aromatic rings. The second-order valence-electron chi connectivity index (χ2n) is 1.98. The van der Waals surface area contributed by atoms with Crippen LogP contribution in [0.5, 0.6) is 0 Å². The van der Waals surface area contributed by atoms with Gasteiger partial charge in [0.15, 0.2) is 0 Å². The molecule has 0 saturated heterocycles. The van der Waals surface area contributed by atoms with E-state index in [1.54, 1.807) is 12.1 Å². The van der Waals surface area contributed by atoms with Crippen molar-refractivity contribution >= 4 is 5.76 Å². The summed E-state index contributed by atoms with van der Waals surface area (Å²) < 4.78 is 0. The maximum absolute atomic E-state index is 10.7. The van der Waals surface area contributed by atoms with Crippen LogP contribution < -0.4 is 5.11 Å². The quantitative estimate of drug-likeness (QED) is 0.417. The van der Waals surface area contributed by atoms with Gasteiger partial charge in [0.1, 0.15) is 0 Å². The van der Waals surface area contributed by atoms with E-state index >= 15 is 0 Å². The Hall–Kier alpha value is -1.37. The zero-order valence-electron chi connectivity index (χ0n) is 5.58. The van der Waals surface area contributed by atoms with Crippen molar-refractivity contribution in [1.29, 1.82) is 0 Å². The molecule has 0 saturated carbocycles. The van der Waals surface area contributed by atoms with Crippen molar-refractivity contribution in [2.24, 2.45) is 0 Å². The topological polar surface area (TPSA) is 23.1 Å². The fourth-order valence-corrected chi connectivity index (χ4v) is 0.688. The first-order valence-corrected chi connectivity index (χ1v) is 3.05. The second-order valence-corrected chi connectivity index (χ2v) is 1.98. The van der Waals surface area contributed by atoms with Crippen LogP contribution in [0.4, 0.5) is 0 Å². The monoisotopic (exact) mass is 132 g/mol. The zero-order valence-corrected chi connectivity index (χ0v) is 5.58. The van der Waals surface area contributed by atoms with Gasteiger partial charge in [0.2, 0.25) is 0 Å². The van der Waals surface area contributed by atoms with Gasteiger partial charge >= 0.3 is 0 Å². The maximum atomic E-state index is 10.7. The zero-order chi connectivity index (χ0) is 7.40. The highest BCUT2D eigenvalue weighted by atomic mass is 16.3. The van der Waals surface area contributed by atoms with Crippen molar-refractivity contribution in [1.82, 2.24) is 0 Å². The summed E-state index contributed by atoms with van der Waals surface area (Å²) in [6.45, 7) is 3.30. The molecular formula is C9H8O. The van der Waals surface area contributed by atoms with Crippen molar-refractivity contribution < 1.29 is 5.11 Å². The van der Waals surface area contributed by atoms with Crippen LogP contribution in [0.2, 0.25) is 0 Å². The lowest BCUT2D eigenvalue weighted by Crippen LogP contribution is -1.97. The van der Waals surface area contributed by atoms with Crippen molar-refractivity contribution in [3.05, 3.63) is 48.5 Å². The molecule has 10 heavy (non-hydrogen) atoms. The van der Waals surface area contributed by atoms with E-state index in [1.165, 1.54) is 0 Å². The van der Waals surface area contributed by atoms with E-state index < -0.39 is 0 Å². The molecule has 0 bridgehead atoms. The highest BCUT2D eigenvalue weighted by Gasteiger charge is 1.86. The number of hydrogen-bond acceptors (Lipinski definition) is 1. The molecule has 1 aromatic carbocycles. The first-order valence-electron chi connectivity index (χ1n) is 3.05. The van der Waals surface area contributed by atoms with Crippen molar-refractivity contribution in [2.75, 3.05) is 0 Å². The molecule has 0 aliphatic heterocycles. The average molecular weight is 132 g/mol. The Morgan fingerprint density at radius 2 is 2.20 bits per heavy atom. The average Bonchev–Trinajstić information content (AvgIpc) is 2.12. The predicted octanol–water partition coefficient (Wildman–Crippen LogP) is 1.30. The number of rotatable bonds is 1. The summed E-state index contributed by atoms with van der Waals surface area (Å²) in [5.74, 6) is -0.142. The lowest BCUT2D eigenvalue weighted by atomic mass is 10.2. The second kappa shape index (κ2) is 2.97. The molecule has 1 heteroatoms. The molecule has 0 aliphatic carbocycles. The molecule has 0 radical (unpaired) electrons. The van der Waals surface area contributed by atoms with Gasteiger partial charge in [-0.1, -0.05) is 5.76 Å². The fourth-order valence-electron chi connectivity index (χ4n) is 0.688. The van der Waals surface area contributed by atoms with Crippen LogP contribution in [-0.4, -0.2) is 0 Å². The van der Waals surface area contributed by atoms with Crippen molar-refractivity contribution in [3.63, 3.8) is 0 Å². The largest absolute Gasteiger partial charge is 0.872 e. The molecule has 1 nitrogen and oxygen atoms in total. The molecule has 1 rings (SSSR count). The Labute approximate surface area is 60.3 Å². The molecule has 0 aromatic heterocycles. The normalized spacial score (nSPS) is 8.80. The summed E-state index contributed by atoms with van der Waals surface area (Å²) in [4.78, 5) is 0. The lowest BCUT2D eigenvalue weighted by molar-refractivity contribution is -0.243. The maximum Gasteiger partial charge on any atom is 0.0473 e. The Kier molecular flexibility index (Phi) is 2.00. The van der Waals surface area contributed by atoms with Gasteiger partial charge in [0.05, 0.1) is 0 Å². The first-order chi connectivity index (χ1) is 4.80. The summed E-state index contributed by atoms with van der Waals surface area (Å²) in [6.07, 6.45) is 0. The van der Waals surface area contributed by atoms with Crippen LogP contribution in [0.3, 0.4) is 0 Å². The third-order valence-electron chi connectivity index (χ3n) is 1.21. The molecular weight excluding hydrogens is 124 g/mol. The molecule has 0 fully saturated rings. The van der Waals surface area contributed by atoms with E-state index in [9.17, 15) is 5.11 Å². The Morgan fingerprint density at radius 1 is 1.40 bits per heavy atom. The molecule has 0 atom stereocenters. The van der Waals surface area contributed by atoms with Gasteiger partial charge < -0.3 is 5.11 Å². The Bertz CT molecular complexity index is 227. The summed E-state index contributed by atoms with van der Waals surface area (Å²) in [7, 11) is 0. The molecule has 50 valence electrons. The van der Waals surface area contributed by atoms with Crippen LogP contribution in [-0.2, 0) is 0 Å². The lowest BCUT2D eigenvalue weighted by Gasteiger charge is -2.02. The smallest absolute Gasteiger partial charge is 0.0473 e. The summed E-state index contributed by atoms with van der Waals surface area (Å²) in [5.41, 5.74) is 0.644. The Morgan fingerprint density at radius 3 is 2.90 bits per heavy atom. The molecule has 0 aliphatic rings. The van der Waals surface area contributed by atoms with Crippen LogP contribution in [0.15, 0.2) is 43.0 Å². The van der Waals surface area contributed by atoms with Crippen LogP contribution in [0, 0.1) is 0 Å². The highest BCUT2D eigenvalue weighted by Crippen LogP contribution is 2.02. The third-order valence-corrected chi connectivity index (χ3v) is 1.21. The van der Waals surface area contributed by atoms with E-state index in [2.05, 4.69) is 6.58 Å². The molecule has 0 amide bonds. The molecule has 0 N–H and O–H groups in total. The van der Waals surface area contributed by atoms with E-state index in [4.69, 9.17) is 0 Å². The summed E-state index contributed by atoms with van der Waals surface area (Å²) in [5, 5.41) is 10.7. The fraction of sp³-hybridized carbons (Fsp3) is 0. The Balaban J connectivity index is 3.10. The van der Waals surface area contributed by atoms with Crippen LogP contribution >= 0.6 is 0 Å². The van der Waals surface area contributed by atoms with E-state index in [1.807, 2.05) is 24.3 Å². The third kappa shape index (κ3) is 1.55. The van der Waals surface area contributed by atoms with Gasteiger partial charge in [-0.15, -0.1) is 6.58 Å². The van der Waals surface area contributed by atoms with E-state index in [-0.39, 0.29) is 5.76 Å². The van der Waals surface area contributed by atoms with Crippen LogP contribution in [0.25, 0.3) is 5.76 Å². The van der Waals surface area contributed by atoms with Gasteiger partial charge in [-0.05, 0) is 0 Å². The van der Waals surface area contributed by atoms with E-state index in [0.717, 1.165) is 0 Å². The minimum Gasteiger partial charge on any atom is -0.872 e. The SMILES string of the molecule is C=C([O-])c1ccc[cH+]cc1.